The molecule has 5 rings (SSSR count). The Balaban J connectivity index is 1.37. The molecular formula is C19H25N5O2. The highest BCUT2D eigenvalue weighted by Crippen LogP contribution is 2.37. The molecule has 138 valence electrons. The zero-order chi connectivity index (χ0) is 17.9. The lowest BCUT2D eigenvalue weighted by atomic mass is 9.75. The molecule has 4 atom stereocenters. The maximum atomic E-state index is 12.7. The molecule has 1 amide bonds. The van der Waals surface area contributed by atoms with Gasteiger partial charge in [0.2, 0.25) is 5.91 Å². The van der Waals surface area contributed by atoms with Crippen LogP contribution in [0.4, 0.5) is 5.69 Å². The van der Waals surface area contributed by atoms with E-state index < -0.39 is 0 Å². The number of nitrogens with zero attached hydrogens (tertiary/aromatic N) is 4. The first-order valence-electron chi connectivity index (χ1n) is 9.33. The van der Waals surface area contributed by atoms with E-state index >= 15 is 0 Å². The Morgan fingerprint density at radius 1 is 1.31 bits per heavy atom. The van der Waals surface area contributed by atoms with E-state index in [1.54, 1.807) is 0 Å². The van der Waals surface area contributed by atoms with E-state index in [9.17, 15) is 4.79 Å². The first-order chi connectivity index (χ1) is 12.7. The van der Waals surface area contributed by atoms with Crippen molar-refractivity contribution in [2.24, 2.45) is 11.8 Å². The summed E-state index contributed by atoms with van der Waals surface area (Å²) in [4.78, 5) is 15.1. The van der Waals surface area contributed by atoms with Crippen LogP contribution in [0, 0.1) is 11.8 Å². The number of aliphatic hydroxyl groups excluding tert-OH is 1. The van der Waals surface area contributed by atoms with Crippen molar-refractivity contribution in [1.29, 1.82) is 0 Å². The number of para-hydroxylation sites is 1. The Hall–Kier alpha value is -2.25. The van der Waals surface area contributed by atoms with Gasteiger partial charge in [0.05, 0.1) is 18.2 Å². The van der Waals surface area contributed by atoms with E-state index in [-0.39, 0.29) is 18.4 Å². The van der Waals surface area contributed by atoms with Crippen LogP contribution >= 0.6 is 0 Å². The second kappa shape index (κ2) is 7.55. The summed E-state index contributed by atoms with van der Waals surface area (Å²) in [5.41, 5.74) is 1.69. The van der Waals surface area contributed by atoms with Crippen LogP contribution in [0.15, 0.2) is 36.5 Å². The fourth-order valence-corrected chi connectivity index (χ4v) is 4.25. The largest absolute Gasteiger partial charge is 0.396 e. The number of nitrogens with one attached hydrogen (secondary N) is 1. The third-order valence-electron chi connectivity index (χ3n) is 5.61. The average molecular weight is 355 g/mol. The summed E-state index contributed by atoms with van der Waals surface area (Å²) < 4.78 is 1.87. The number of hydrogen-bond acceptors (Lipinski definition) is 5. The quantitative estimate of drug-likeness (QED) is 0.813. The number of carbonyl (C=O) groups excluding carboxylic acids is 1. The van der Waals surface area contributed by atoms with Crippen molar-refractivity contribution < 1.29 is 9.90 Å². The highest BCUT2D eigenvalue weighted by Gasteiger charge is 2.43. The molecule has 7 heteroatoms. The Labute approximate surface area is 153 Å². The molecule has 1 aromatic carbocycles. The van der Waals surface area contributed by atoms with E-state index in [0.29, 0.717) is 18.4 Å². The van der Waals surface area contributed by atoms with E-state index in [2.05, 4.69) is 20.5 Å². The predicted molar refractivity (Wildman–Crippen MR) is 97.5 cm³/mol. The fourth-order valence-electron chi connectivity index (χ4n) is 4.25. The van der Waals surface area contributed by atoms with Crippen LogP contribution in [-0.2, 0) is 17.8 Å². The minimum absolute atomic E-state index is 0.0564. The molecule has 4 heterocycles. The Morgan fingerprint density at radius 3 is 2.88 bits per heavy atom. The first-order valence-corrected chi connectivity index (χ1v) is 9.33. The average Bonchev–Trinajstić information content (AvgIpc) is 3.10. The molecule has 0 spiro atoms. The van der Waals surface area contributed by atoms with Crippen molar-refractivity contribution in [2.75, 3.05) is 25.0 Å². The van der Waals surface area contributed by atoms with E-state index in [1.165, 1.54) is 0 Å². The molecular weight excluding hydrogens is 330 g/mol. The number of aliphatic hydroxyl groups is 1. The van der Waals surface area contributed by atoms with Gasteiger partial charge in [0.25, 0.3) is 0 Å². The maximum absolute atomic E-state index is 12.7. The zero-order valence-electron chi connectivity index (χ0n) is 14.8. The molecule has 0 aliphatic carbocycles. The summed E-state index contributed by atoms with van der Waals surface area (Å²) in [6.45, 7) is 2.74. The number of aromatic nitrogens is 3. The van der Waals surface area contributed by atoms with Crippen LogP contribution in [0.2, 0.25) is 0 Å². The van der Waals surface area contributed by atoms with Crippen molar-refractivity contribution in [1.82, 2.24) is 19.9 Å². The molecule has 2 N–H and O–H groups in total. The lowest BCUT2D eigenvalue weighted by molar-refractivity contribution is -0.127. The zero-order valence-corrected chi connectivity index (χ0v) is 14.8. The van der Waals surface area contributed by atoms with Gasteiger partial charge in [-0.05, 0) is 37.4 Å². The second-order valence-corrected chi connectivity index (χ2v) is 7.30. The summed E-state index contributed by atoms with van der Waals surface area (Å²) in [6, 6.07) is 10.1. The number of piperidine rings is 3. The molecule has 0 radical (unpaired) electrons. The molecule has 3 aliphatic heterocycles. The summed E-state index contributed by atoms with van der Waals surface area (Å²) in [6.07, 6.45) is 4.55. The standard InChI is InChI=1S/C19H25N5O2/c25-9-7-16-11-24(22-21-16)12-17-10-14-6-8-23(17)13-18(14)19(26)20-15-4-2-1-3-5-15/h1-5,11,14,17-18,25H,6-10,12-13H2,(H,20,26)/t14?,17-,18+/m1/s1. The van der Waals surface area contributed by atoms with Crippen molar-refractivity contribution in [2.45, 2.75) is 31.8 Å². The molecule has 3 saturated heterocycles. The SMILES string of the molecule is O=C(Nc1ccccc1)[C@H]1CN2CCC1C[C@@H]2Cn1cc(CCO)nn1. The van der Waals surface area contributed by atoms with Crippen molar-refractivity contribution in [3.63, 3.8) is 0 Å². The normalized spacial score (nSPS) is 27.4. The van der Waals surface area contributed by atoms with E-state index in [4.69, 9.17) is 5.11 Å². The van der Waals surface area contributed by atoms with Crippen LogP contribution in [-0.4, -0.2) is 56.6 Å². The second-order valence-electron chi connectivity index (χ2n) is 7.30. The lowest BCUT2D eigenvalue weighted by Gasteiger charge is -2.49. The third-order valence-corrected chi connectivity index (χ3v) is 5.61. The third kappa shape index (κ3) is 3.64. The number of hydrogen-bond donors (Lipinski definition) is 2. The highest BCUT2D eigenvalue weighted by molar-refractivity contribution is 5.93. The van der Waals surface area contributed by atoms with Gasteiger partial charge in [0.1, 0.15) is 0 Å². The summed E-state index contributed by atoms with van der Waals surface area (Å²) >= 11 is 0. The van der Waals surface area contributed by atoms with Crippen molar-refractivity contribution in [3.8, 4) is 0 Å². The van der Waals surface area contributed by atoms with Crippen LogP contribution < -0.4 is 5.32 Å². The summed E-state index contributed by atoms with van der Waals surface area (Å²) in [5, 5.41) is 20.3. The molecule has 1 aromatic heterocycles. The fraction of sp³-hybridized carbons (Fsp3) is 0.526. The van der Waals surface area contributed by atoms with Crippen LogP contribution in [0.5, 0.6) is 0 Å². The summed E-state index contributed by atoms with van der Waals surface area (Å²) in [5.74, 6) is 0.616. The van der Waals surface area contributed by atoms with Gasteiger partial charge in [-0.2, -0.15) is 0 Å². The number of fused-ring (bicyclic) bond motifs is 3. The van der Waals surface area contributed by atoms with Crippen molar-refractivity contribution in [3.05, 3.63) is 42.2 Å². The van der Waals surface area contributed by atoms with E-state index in [1.807, 2.05) is 41.2 Å². The first kappa shape index (κ1) is 17.2. The summed E-state index contributed by atoms with van der Waals surface area (Å²) in [7, 11) is 0. The van der Waals surface area contributed by atoms with E-state index in [0.717, 1.165) is 43.9 Å². The molecule has 26 heavy (non-hydrogen) atoms. The maximum Gasteiger partial charge on any atom is 0.229 e. The van der Waals surface area contributed by atoms with Gasteiger partial charge in [0.15, 0.2) is 0 Å². The monoisotopic (exact) mass is 355 g/mol. The van der Waals surface area contributed by atoms with Gasteiger partial charge in [-0.15, -0.1) is 5.10 Å². The van der Waals surface area contributed by atoms with Gasteiger partial charge in [-0.1, -0.05) is 23.4 Å². The molecule has 0 saturated carbocycles. The smallest absolute Gasteiger partial charge is 0.229 e. The van der Waals surface area contributed by atoms with Crippen LogP contribution in [0.3, 0.4) is 0 Å². The van der Waals surface area contributed by atoms with Gasteiger partial charge in [-0.25, -0.2) is 0 Å². The number of rotatable bonds is 6. The Morgan fingerprint density at radius 2 is 2.15 bits per heavy atom. The van der Waals surface area contributed by atoms with Gasteiger partial charge >= 0.3 is 0 Å². The molecule has 2 unspecified atom stereocenters. The molecule has 2 aromatic rings. The predicted octanol–water partition coefficient (Wildman–Crippen LogP) is 1.16. The number of benzene rings is 1. The molecule has 7 nitrogen and oxygen atoms in total. The van der Waals surface area contributed by atoms with Crippen LogP contribution in [0.1, 0.15) is 18.5 Å². The molecule has 3 aliphatic rings. The number of amides is 1. The van der Waals surface area contributed by atoms with Gasteiger partial charge in [-0.3, -0.25) is 14.4 Å². The topological polar surface area (TPSA) is 83.3 Å². The Kier molecular flexibility index (Phi) is 4.99. The van der Waals surface area contributed by atoms with Gasteiger partial charge in [0, 0.05) is 37.5 Å². The lowest BCUT2D eigenvalue weighted by Crippen LogP contribution is -2.57. The number of anilines is 1. The molecule has 2 bridgehead atoms. The molecule has 3 fully saturated rings. The highest BCUT2D eigenvalue weighted by atomic mass is 16.3. The number of carbonyl (C=O) groups is 1. The van der Waals surface area contributed by atoms with Crippen LogP contribution in [0.25, 0.3) is 0 Å². The Bertz CT molecular complexity index is 747. The minimum atomic E-state index is 0.0564. The minimum Gasteiger partial charge on any atom is -0.396 e. The van der Waals surface area contributed by atoms with Gasteiger partial charge < -0.3 is 10.4 Å². The van der Waals surface area contributed by atoms with Crippen molar-refractivity contribution >= 4 is 11.6 Å².